The summed E-state index contributed by atoms with van der Waals surface area (Å²) in [7, 11) is 1.63. The van der Waals surface area contributed by atoms with Gasteiger partial charge in [0.1, 0.15) is 11.5 Å². The summed E-state index contributed by atoms with van der Waals surface area (Å²) in [6, 6.07) is 22.1. The molecule has 43 heavy (non-hydrogen) atoms. The van der Waals surface area contributed by atoms with Crippen molar-refractivity contribution in [1.29, 1.82) is 0 Å². The number of fused-ring (bicyclic) bond motifs is 1. The number of rotatable bonds is 10. The number of anilines is 2. The topological polar surface area (TPSA) is 85.2 Å². The van der Waals surface area contributed by atoms with Crippen LogP contribution in [0, 0.1) is 0 Å². The number of para-hydroxylation sites is 1. The van der Waals surface area contributed by atoms with Gasteiger partial charge in [0.05, 0.1) is 35.6 Å². The largest absolute Gasteiger partial charge is 0.496 e. The van der Waals surface area contributed by atoms with E-state index in [0.717, 1.165) is 35.7 Å². The van der Waals surface area contributed by atoms with E-state index in [4.69, 9.17) is 14.5 Å². The molecule has 1 aromatic heterocycles. The van der Waals surface area contributed by atoms with Crippen LogP contribution in [0.1, 0.15) is 44.9 Å². The molecule has 2 heterocycles. The van der Waals surface area contributed by atoms with Gasteiger partial charge < -0.3 is 19.7 Å². The van der Waals surface area contributed by atoms with Crippen LogP contribution >= 0.6 is 11.3 Å². The molecule has 5 rings (SSSR count). The Bertz CT molecular complexity index is 1820. The molecule has 0 saturated carbocycles. The van der Waals surface area contributed by atoms with Crippen molar-refractivity contribution >= 4 is 34.7 Å². The average Bonchev–Trinajstić information content (AvgIpc) is 3.32. The Morgan fingerprint density at radius 3 is 2.42 bits per heavy atom. The molecule has 0 radical (unpaired) electrons. The van der Waals surface area contributed by atoms with E-state index in [9.17, 15) is 9.59 Å². The Morgan fingerprint density at radius 2 is 1.77 bits per heavy atom. The van der Waals surface area contributed by atoms with Crippen LogP contribution in [0.5, 0.6) is 11.5 Å². The minimum absolute atomic E-state index is 0.227. The van der Waals surface area contributed by atoms with Crippen molar-refractivity contribution in [3.8, 4) is 11.5 Å². The number of carbonyl (C=O) groups excluding carboxylic acids is 1. The second-order valence-electron chi connectivity index (χ2n) is 10.0. The van der Waals surface area contributed by atoms with Crippen LogP contribution in [-0.4, -0.2) is 37.3 Å². The van der Waals surface area contributed by atoms with Gasteiger partial charge in [-0.25, -0.2) is 4.99 Å². The standard InChI is InChI=1S/C34H36N4O4S/c1-6-37(7-2)26-17-14-24(28(21-26)41-5)20-29-33(40)38-31(23-15-18-27(19-16-23)42-8-3)30(22(4)35-34(38)43-29)32(39)36-25-12-10-9-11-13-25/h9-21,31H,6-8H2,1-5H3,(H,36,39)/b29-20-/t31-/m0/s1. The predicted molar refractivity (Wildman–Crippen MR) is 173 cm³/mol. The first-order valence-corrected chi connectivity index (χ1v) is 15.2. The van der Waals surface area contributed by atoms with Crippen molar-refractivity contribution in [1.82, 2.24) is 4.57 Å². The molecule has 0 unspecified atom stereocenters. The number of nitrogens with one attached hydrogen (secondary N) is 1. The van der Waals surface area contributed by atoms with Gasteiger partial charge in [0.15, 0.2) is 4.80 Å². The molecular weight excluding hydrogens is 560 g/mol. The van der Waals surface area contributed by atoms with E-state index in [-0.39, 0.29) is 11.5 Å². The zero-order valence-corrected chi connectivity index (χ0v) is 25.9. The van der Waals surface area contributed by atoms with Gasteiger partial charge >= 0.3 is 0 Å². The molecule has 0 fully saturated rings. The number of benzene rings is 3. The molecular formula is C34H36N4O4S. The fourth-order valence-electron chi connectivity index (χ4n) is 5.31. The molecule has 1 amide bonds. The number of carbonyl (C=O) groups is 1. The summed E-state index contributed by atoms with van der Waals surface area (Å²) < 4.78 is 13.5. The summed E-state index contributed by atoms with van der Waals surface area (Å²) in [6.45, 7) is 10.3. The van der Waals surface area contributed by atoms with E-state index in [1.807, 2.05) is 92.7 Å². The molecule has 0 aliphatic carbocycles. The molecule has 1 N–H and O–H groups in total. The van der Waals surface area contributed by atoms with E-state index < -0.39 is 6.04 Å². The SMILES string of the molecule is CCOc1ccc([C@H]2C(C(=O)Nc3ccccc3)=C(C)N=c3s/c(=C\c4ccc(N(CC)CC)cc4OC)c(=O)n32)cc1. The lowest BCUT2D eigenvalue weighted by Crippen LogP contribution is -2.40. The summed E-state index contributed by atoms with van der Waals surface area (Å²) in [5.41, 5.74) is 4.03. The zero-order valence-electron chi connectivity index (χ0n) is 25.1. The van der Waals surface area contributed by atoms with Crippen LogP contribution in [0.2, 0.25) is 0 Å². The molecule has 0 spiro atoms. The predicted octanol–water partition coefficient (Wildman–Crippen LogP) is 5.13. The lowest BCUT2D eigenvalue weighted by Gasteiger charge is -2.25. The molecule has 1 aliphatic rings. The van der Waals surface area contributed by atoms with Crippen LogP contribution in [0.4, 0.5) is 11.4 Å². The summed E-state index contributed by atoms with van der Waals surface area (Å²) in [4.78, 5) is 35.4. The lowest BCUT2D eigenvalue weighted by molar-refractivity contribution is -0.113. The van der Waals surface area contributed by atoms with Crippen molar-refractivity contribution < 1.29 is 14.3 Å². The maximum atomic E-state index is 14.1. The van der Waals surface area contributed by atoms with Crippen molar-refractivity contribution in [3.63, 3.8) is 0 Å². The van der Waals surface area contributed by atoms with E-state index >= 15 is 0 Å². The second kappa shape index (κ2) is 13.1. The van der Waals surface area contributed by atoms with Crippen LogP contribution in [0.15, 0.2) is 93.9 Å². The number of ether oxygens (including phenoxy) is 2. The number of allylic oxidation sites excluding steroid dienone is 1. The van der Waals surface area contributed by atoms with Crippen LogP contribution < -0.4 is 34.6 Å². The van der Waals surface area contributed by atoms with Gasteiger partial charge in [-0.2, -0.15) is 0 Å². The van der Waals surface area contributed by atoms with Gasteiger partial charge in [0, 0.05) is 36.1 Å². The van der Waals surface area contributed by atoms with Crippen LogP contribution in [0.25, 0.3) is 6.08 Å². The number of aromatic nitrogens is 1. The molecule has 0 bridgehead atoms. The fourth-order valence-corrected chi connectivity index (χ4v) is 6.34. The van der Waals surface area contributed by atoms with Gasteiger partial charge in [0.2, 0.25) is 0 Å². The summed E-state index contributed by atoms with van der Waals surface area (Å²) in [5.74, 6) is 1.08. The van der Waals surface area contributed by atoms with Gasteiger partial charge in [-0.05, 0) is 75.7 Å². The van der Waals surface area contributed by atoms with Crippen molar-refractivity contribution in [2.45, 2.75) is 33.7 Å². The molecule has 3 aromatic carbocycles. The molecule has 1 atom stereocenters. The van der Waals surface area contributed by atoms with E-state index in [1.165, 1.54) is 11.3 Å². The third-order valence-corrected chi connectivity index (χ3v) is 8.42. The highest BCUT2D eigenvalue weighted by atomic mass is 32.1. The van der Waals surface area contributed by atoms with E-state index in [2.05, 4.69) is 24.1 Å². The maximum absolute atomic E-state index is 14.1. The lowest BCUT2D eigenvalue weighted by atomic mass is 9.95. The minimum atomic E-state index is -0.676. The second-order valence-corrected chi connectivity index (χ2v) is 11.0. The molecule has 9 heteroatoms. The van der Waals surface area contributed by atoms with Gasteiger partial charge in [-0.1, -0.05) is 41.7 Å². The normalized spacial score (nSPS) is 14.6. The number of amides is 1. The first-order valence-electron chi connectivity index (χ1n) is 14.4. The number of hydrogen-bond acceptors (Lipinski definition) is 7. The number of hydrogen-bond donors (Lipinski definition) is 1. The fraction of sp³-hybridized carbons (Fsp3) is 0.265. The Hall–Kier alpha value is -4.63. The third-order valence-electron chi connectivity index (χ3n) is 7.44. The van der Waals surface area contributed by atoms with Gasteiger partial charge in [-0.15, -0.1) is 0 Å². The Balaban J connectivity index is 1.64. The van der Waals surface area contributed by atoms with Gasteiger partial charge in [0.25, 0.3) is 11.5 Å². The Morgan fingerprint density at radius 1 is 1.05 bits per heavy atom. The maximum Gasteiger partial charge on any atom is 0.271 e. The van der Waals surface area contributed by atoms with Crippen molar-refractivity contribution in [3.05, 3.63) is 115 Å². The smallest absolute Gasteiger partial charge is 0.271 e. The van der Waals surface area contributed by atoms with Crippen LogP contribution in [0.3, 0.4) is 0 Å². The Labute approximate surface area is 255 Å². The zero-order chi connectivity index (χ0) is 30.5. The summed E-state index contributed by atoms with van der Waals surface area (Å²) in [6.07, 6.45) is 1.84. The summed E-state index contributed by atoms with van der Waals surface area (Å²) in [5, 5.41) is 2.99. The number of thiazole rings is 1. The highest BCUT2D eigenvalue weighted by Gasteiger charge is 2.32. The first-order chi connectivity index (χ1) is 20.9. The van der Waals surface area contributed by atoms with E-state index in [1.54, 1.807) is 11.7 Å². The Kier molecular flexibility index (Phi) is 9.11. The van der Waals surface area contributed by atoms with E-state index in [0.29, 0.717) is 38.6 Å². The summed E-state index contributed by atoms with van der Waals surface area (Å²) >= 11 is 1.30. The third kappa shape index (κ3) is 6.12. The highest BCUT2D eigenvalue weighted by molar-refractivity contribution is 7.07. The minimum Gasteiger partial charge on any atom is -0.496 e. The number of methoxy groups -OCH3 is 1. The average molecular weight is 597 g/mol. The van der Waals surface area contributed by atoms with Gasteiger partial charge in [-0.3, -0.25) is 14.2 Å². The molecule has 222 valence electrons. The van der Waals surface area contributed by atoms with Crippen LogP contribution in [-0.2, 0) is 4.79 Å². The highest BCUT2D eigenvalue weighted by Crippen LogP contribution is 2.32. The molecule has 4 aromatic rings. The van der Waals surface area contributed by atoms with Crippen molar-refractivity contribution in [2.75, 3.05) is 37.0 Å². The quantitative estimate of drug-likeness (QED) is 0.275. The molecule has 1 aliphatic heterocycles. The number of nitrogens with zero attached hydrogens (tertiary/aromatic N) is 3. The monoisotopic (exact) mass is 596 g/mol. The molecule has 0 saturated heterocycles. The van der Waals surface area contributed by atoms with Crippen molar-refractivity contribution in [2.24, 2.45) is 4.99 Å². The molecule has 8 nitrogen and oxygen atoms in total. The first kappa shape index (κ1) is 29.8.